The fourth-order valence-corrected chi connectivity index (χ4v) is 0.699. The maximum Gasteiger partial charge on any atom is 0.130 e. The van der Waals surface area contributed by atoms with Crippen molar-refractivity contribution in [3.8, 4) is 12.5 Å². The van der Waals surface area contributed by atoms with Gasteiger partial charge in [0.2, 0.25) is 0 Å². The van der Waals surface area contributed by atoms with Crippen LogP contribution in [0.5, 0.6) is 0 Å². The Morgan fingerprint density at radius 2 is 2.45 bits per heavy atom. The number of allylic oxidation sites excluding steroid dienone is 1. The number of hydrogen-bond acceptors (Lipinski definition) is 2. The van der Waals surface area contributed by atoms with E-state index in [9.17, 15) is 0 Å². The second-order valence-corrected chi connectivity index (χ2v) is 2.21. The van der Waals surface area contributed by atoms with E-state index in [1.807, 2.05) is 26.1 Å². The highest BCUT2D eigenvalue weighted by atomic mass is 15.2. The zero-order chi connectivity index (χ0) is 8.69. The van der Waals surface area contributed by atoms with Crippen LogP contribution >= 0.6 is 0 Å². The van der Waals surface area contributed by atoms with Gasteiger partial charge in [0.15, 0.2) is 0 Å². The van der Waals surface area contributed by atoms with Gasteiger partial charge in [0.1, 0.15) is 6.17 Å². The Kier molecular flexibility index (Phi) is 4.93. The molecule has 2 heteroatoms. The number of terminal acetylenes is 1. The van der Waals surface area contributed by atoms with Crippen LogP contribution in [0.1, 0.15) is 13.3 Å². The van der Waals surface area contributed by atoms with E-state index in [2.05, 4.69) is 17.8 Å². The van der Waals surface area contributed by atoms with Gasteiger partial charge < -0.3 is 4.90 Å². The number of hydrogen-bond donors (Lipinski definition) is 0. The summed E-state index contributed by atoms with van der Waals surface area (Å²) < 4.78 is 0. The Bertz CT molecular complexity index is 176. The maximum absolute atomic E-state index is 5.18. The SMILES string of the molecule is C#CN(C)C(C/C=C\C)N=C. The van der Waals surface area contributed by atoms with Gasteiger partial charge in [0.05, 0.1) is 0 Å². The van der Waals surface area contributed by atoms with E-state index >= 15 is 0 Å². The molecule has 0 aliphatic rings. The third kappa shape index (κ3) is 3.47. The van der Waals surface area contributed by atoms with E-state index < -0.39 is 0 Å². The van der Waals surface area contributed by atoms with Crippen LogP contribution in [0.3, 0.4) is 0 Å². The largest absolute Gasteiger partial charge is 0.313 e. The van der Waals surface area contributed by atoms with Gasteiger partial charge in [-0.25, -0.2) is 0 Å². The molecule has 11 heavy (non-hydrogen) atoms. The molecule has 0 aromatic heterocycles. The molecular formula is C9H14N2. The van der Waals surface area contributed by atoms with Crippen molar-refractivity contribution in [2.75, 3.05) is 7.05 Å². The molecule has 0 saturated heterocycles. The maximum atomic E-state index is 5.18. The Labute approximate surface area is 68.6 Å². The van der Waals surface area contributed by atoms with Crippen molar-refractivity contribution >= 4 is 6.72 Å². The molecular weight excluding hydrogens is 136 g/mol. The topological polar surface area (TPSA) is 15.6 Å². The van der Waals surface area contributed by atoms with E-state index in [4.69, 9.17) is 6.42 Å². The van der Waals surface area contributed by atoms with Gasteiger partial charge in [-0.2, -0.15) is 0 Å². The first-order valence-electron chi connectivity index (χ1n) is 3.52. The van der Waals surface area contributed by atoms with Crippen LogP contribution in [-0.4, -0.2) is 24.8 Å². The quantitative estimate of drug-likeness (QED) is 0.257. The average Bonchev–Trinajstić information content (AvgIpc) is 2.05. The van der Waals surface area contributed by atoms with Crippen molar-refractivity contribution < 1.29 is 0 Å². The van der Waals surface area contributed by atoms with Gasteiger partial charge in [0, 0.05) is 19.5 Å². The second-order valence-electron chi connectivity index (χ2n) is 2.21. The first kappa shape index (κ1) is 9.77. The fourth-order valence-electron chi connectivity index (χ4n) is 0.699. The summed E-state index contributed by atoms with van der Waals surface area (Å²) in [6, 6.07) is 2.49. The summed E-state index contributed by atoms with van der Waals surface area (Å²) in [7, 11) is 1.82. The van der Waals surface area contributed by atoms with Crippen molar-refractivity contribution in [1.29, 1.82) is 0 Å². The third-order valence-corrected chi connectivity index (χ3v) is 1.44. The zero-order valence-electron chi connectivity index (χ0n) is 7.12. The lowest BCUT2D eigenvalue weighted by Gasteiger charge is -2.18. The van der Waals surface area contributed by atoms with Gasteiger partial charge in [-0.3, -0.25) is 4.99 Å². The lowest BCUT2D eigenvalue weighted by atomic mass is 10.3. The van der Waals surface area contributed by atoms with E-state index in [1.165, 1.54) is 0 Å². The molecule has 60 valence electrons. The standard InChI is InChI=1S/C9H14N2/c1-5-7-8-9(10-3)11(4)6-2/h2,5,7,9H,3,8H2,1,4H3/b7-5-. The molecule has 0 amide bonds. The number of rotatable bonds is 4. The van der Waals surface area contributed by atoms with Crippen molar-refractivity contribution in [1.82, 2.24) is 4.90 Å². The zero-order valence-corrected chi connectivity index (χ0v) is 7.12. The highest BCUT2D eigenvalue weighted by Crippen LogP contribution is 2.01. The molecule has 0 spiro atoms. The minimum absolute atomic E-state index is 0.0104. The summed E-state index contributed by atoms with van der Waals surface area (Å²) in [5.41, 5.74) is 0. The van der Waals surface area contributed by atoms with Crippen LogP contribution in [0.25, 0.3) is 0 Å². The summed E-state index contributed by atoms with van der Waals surface area (Å²) in [5.74, 6) is 0. The van der Waals surface area contributed by atoms with E-state index in [0.29, 0.717) is 0 Å². The summed E-state index contributed by atoms with van der Waals surface area (Å²) in [4.78, 5) is 5.58. The van der Waals surface area contributed by atoms with Crippen LogP contribution in [0, 0.1) is 12.5 Å². The molecule has 0 fully saturated rings. The van der Waals surface area contributed by atoms with Crippen molar-refractivity contribution in [2.45, 2.75) is 19.5 Å². The molecule has 0 aromatic carbocycles. The Morgan fingerprint density at radius 1 is 1.82 bits per heavy atom. The van der Waals surface area contributed by atoms with E-state index in [0.717, 1.165) is 6.42 Å². The second kappa shape index (κ2) is 5.55. The smallest absolute Gasteiger partial charge is 0.130 e. The summed E-state index contributed by atoms with van der Waals surface area (Å²) in [6.07, 6.45) is 10.0. The molecule has 0 radical (unpaired) electrons. The normalized spacial score (nSPS) is 12.5. The lowest BCUT2D eigenvalue weighted by Crippen LogP contribution is -2.24. The van der Waals surface area contributed by atoms with Crippen molar-refractivity contribution in [3.05, 3.63) is 12.2 Å². The molecule has 0 saturated carbocycles. The Balaban J connectivity index is 3.96. The summed E-state index contributed by atoms with van der Waals surface area (Å²) in [5, 5.41) is 0. The third-order valence-electron chi connectivity index (χ3n) is 1.44. The molecule has 0 heterocycles. The van der Waals surface area contributed by atoms with Gasteiger partial charge in [-0.1, -0.05) is 18.6 Å². The monoisotopic (exact) mass is 150 g/mol. The molecule has 0 bridgehead atoms. The predicted octanol–water partition coefficient (Wildman–Crippen LogP) is 1.50. The molecule has 0 rings (SSSR count). The molecule has 1 unspecified atom stereocenters. The molecule has 0 N–H and O–H groups in total. The van der Waals surface area contributed by atoms with Gasteiger partial charge >= 0.3 is 0 Å². The highest BCUT2D eigenvalue weighted by molar-refractivity contribution is 5.24. The van der Waals surface area contributed by atoms with Crippen LogP contribution in [0.2, 0.25) is 0 Å². The number of nitrogens with zero attached hydrogens (tertiary/aromatic N) is 2. The predicted molar refractivity (Wildman–Crippen MR) is 49.4 cm³/mol. The van der Waals surface area contributed by atoms with Gasteiger partial charge in [0.25, 0.3) is 0 Å². The van der Waals surface area contributed by atoms with E-state index in [1.54, 1.807) is 4.90 Å². The van der Waals surface area contributed by atoms with Crippen LogP contribution in [-0.2, 0) is 0 Å². The Morgan fingerprint density at radius 3 is 2.82 bits per heavy atom. The molecule has 0 aliphatic carbocycles. The first-order chi connectivity index (χ1) is 5.26. The van der Waals surface area contributed by atoms with Gasteiger partial charge in [-0.05, 0) is 13.6 Å². The summed E-state index contributed by atoms with van der Waals surface area (Å²) in [6.45, 7) is 5.43. The fraction of sp³-hybridized carbons (Fsp3) is 0.444. The van der Waals surface area contributed by atoms with Crippen LogP contribution in [0.4, 0.5) is 0 Å². The molecule has 2 nitrogen and oxygen atoms in total. The van der Waals surface area contributed by atoms with Crippen LogP contribution in [0.15, 0.2) is 17.1 Å². The molecule has 0 aromatic rings. The minimum atomic E-state index is 0.0104. The van der Waals surface area contributed by atoms with Crippen molar-refractivity contribution in [2.24, 2.45) is 4.99 Å². The Hall–Kier alpha value is -1.23. The van der Waals surface area contributed by atoms with Gasteiger partial charge in [-0.15, -0.1) is 0 Å². The summed E-state index contributed by atoms with van der Waals surface area (Å²) >= 11 is 0. The average molecular weight is 150 g/mol. The lowest BCUT2D eigenvalue weighted by molar-refractivity contribution is 0.363. The molecule has 0 aliphatic heterocycles. The highest BCUT2D eigenvalue weighted by Gasteiger charge is 2.04. The number of aliphatic imine (C=N–C) groups is 1. The first-order valence-corrected chi connectivity index (χ1v) is 3.52. The van der Waals surface area contributed by atoms with Crippen LogP contribution < -0.4 is 0 Å². The minimum Gasteiger partial charge on any atom is -0.313 e. The molecule has 1 atom stereocenters. The van der Waals surface area contributed by atoms with E-state index in [-0.39, 0.29) is 6.17 Å². The van der Waals surface area contributed by atoms with Crippen molar-refractivity contribution in [3.63, 3.8) is 0 Å².